The summed E-state index contributed by atoms with van der Waals surface area (Å²) >= 11 is 7.22. The summed E-state index contributed by atoms with van der Waals surface area (Å²) in [4.78, 5) is 0. The largest absolute Gasteiger partial charge is 0.491 e. The lowest BCUT2D eigenvalue weighted by atomic mass is 10.1. The van der Waals surface area contributed by atoms with E-state index in [2.05, 4.69) is 77.0 Å². The second-order valence-corrected chi connectivity index (χ2v) is 7.34. The molecule has 0 spiro atoms. The number of rotatable bonds is 8. The van der Waals surface area contributed by atoms with Crippen LogP contribution in [0, 0.1) is 5.92 Å². The Kier molecular flexibility index (Phi) is 8.15. The van der Waals surface area contributed by atoms with Gasteiger partial charge in [0.1, 0.15) is 5.75 Å². The maximum atomic E-state index is 5.95. The zero-order valence-corrected chi connectivity index (χ0v) is 16.0. The first-order valence-electron chi connectivity index (χ1n) is 7.28. The molecule has 4 heteroatoms. The van der Waals surface area contributed by atoms with Crippen LogP contribution in [0.5, 0.6) is 5.75 Å². The van der Waals surface area contributed by atoms with Crippen LogP contribution in [0.25, 0.3) is 0 Å². The summed E-state index contributed by atoms with van der Waals surface area (Å²) in [5, 5.41) is 3.42. The van der Waals surface area contributed by atoms with Crippen molar-refractivity contribution in [1.82, 2.24) is 5.32 Å². The second kappa shape index (κ2) is 9.06. The molecule has 114 valence electrons. The Hall–Kier alpha value is -0.0600. The third kappa shape index (κ3) is 6.15. The maximum Gasteiger partial charge on any atom is 0.147 e. The summed E-state index contributed by atoms with van der Waals surface area (Å²) in [7, 11) is 0. The fraction of sp³-hybridized carbons (Fsp3) is 0.625. The topological polar surface area (TPSA) is 21.3 Å². The van der Waals surface area contributed by atoms with Gasteiger partial charge < -0.3 is 10.1 Å². The molecule has 1 unspecified atom stereocenters. The van der Waals surface area contributed by atoms with Crippen LogP contribution in [0.4, 0.5) is 0 Å². The van der Waals surface area contributed by atoms with Gasteiger partial charge >= 0.3 is 0 Å². The van der Waals surface area contributed by atoms with Crippen molar-refractivity contribution in [2.75, 3.05) is 6.61 Å². The molecule has 0 radical (unpaired) electrons. The quantitative estimate of drug-likeness (QED) is 0.613. The lowest BCUT2D eigenvalue weighted by molar-refractivity contribution is 0.249. The van der Waals surface area contributed by atoms with E-state index in [1.165, 1.54) is 18.4 Å². The summed E-state index contributed by atoms with van der Waals surface area (Å²) in [6, 6.07) is 4.73. The van der Waals surface area contributed by atoms with Crippen LogP contribution in [0.1, 0.15) is 46.1 Å². The average molecular weight is 407 g/mol. The number of nitrogens with one attached hydrogen (secondary N) is 1. The number of hydrogen-bond acceptors (Lipinski definition) is 2. The van der Waals surface area contributed by atoms with E-state index >= 15 is 0 Å². The van der Waals surface area contributed by atoms with Crippen molar-refractivity contribution in [3.05, 3.63) is 26.6 Å². The van der Waals surface area contributed by atoms with E-state index in [4.69, 9.17) is 4.74 Å². The van der Waals surface area contributed by atoms with Crippen LogP contribution in [0.3, 0.4) is 0 Å². The van der Waals surface area contributed by atoms with E-state index in [9.17, 15) is 0 Å². The maximum absolute atomic E-state index is 5.95. The SMILES string of the molecule is CCCC(C)COc1c(Br)cc(CNC(C)C)cc1Br. The Bertz CT molecular complexity index is 398. The minimum absolute atomic E-state index is 0.485. The predicted octanol–water partition coefficient (Wildman–Crippen LogP) is 5.52. The molecule has 0 heterocycles. The highest BCUT2D eigenvalue weighted by molar-refractivity contribution is 9.11. The highest BCUT2D eigenvalue weighted by Crippen LogP contribution is 2.35. The highest BCUT2D eigenvalue weighted by Gasteiger charge is 2.11. The van der Waals surface area contributed by atoms with E-state index < -0.39 is 0 Å². The highest BCUT2D eigenvalue weighted by atomic mass is 79.9. The molecule has 0 aliphatic rings. The first-order valence-corrected chi connectivity index (χ1v) is 8.86. The van der Waals surface area contributed by atoms with Crippen molar-refractivity contribution in [3.63, 3.8) is 0 Å². The molecule has 0 amide bonds. The molecule has 1 N–H and O–H groups in total. The summed E-state index contributed by atoms with van der Waals surface area (Å²) in [6.07, 6.45) is 2.40. The average Bonchev–Trinajstić information content (AvgIpc) is 2.35. The van der Waals surface area contributed by atoms with Crippen LogP contribution >= 0.6 is 31.9 Å². The Morgan fingerprint density at radius 1 is 1.15 bits per heavy atom. The minimum atomic E-state index is 0.485. The van der Waals surface area contributed by atoms with Crippen molar-refractivity contribution in [3.8, 4) is 5.75 Å². The summed E-state index contributed by atoms with van der Waals surface area (Å²) in [6.45, 7) is 10.4. The van der Waals surface area contributed by atoms with Gasteiger partial charge in [0.25, 0.3) is 0 Å². The third-order valence-corrected chi connectivity index (χ3v) is 4.24. The minimum Gasteiger partial charge on any atom is -0.491 e. The van der Waals surface area contributed by atoms with Gasteiger partial charge in [-0.15, -0.1) is 0 Å². The molecular weight excluding hydrogens is 382 g/mol. The van der Waals surface area contributed by atoms with Gasteiger partial charge in [-0.25, -0.2) is 0 Å². The van der Waals surface area contributed by atoms with Crippen LogP contribution in [0.15, 0.2) is 21.1 Å². The molecule has 0 saturated heterocycles. The van der Waals surface area contributed by atoms with E-state index in [-0.39, 0.29) is 0 Å². The smallest absolute Gasteiger partial charge is 0.147 e. The van der Waals surface area contributed by atoms with E-state index in [1.807, 2.05) is 0 Å². The Morgan fingerprint density at radius 2 is 1.75 bits per heavy atom. The normalized spacial score (nSPS) is 12.8. The van der Waals surface area contributed by atoms with E-state index in [0.717, 1.165) is 27.8 Å². The van der Waals surface area contributed by atoms with Crippen LogP contribution in [-0.2, 0) is 6.54 Å². The molecule has 0 aliphatic carbocycles. The molecule has 0 aliphatic heterocycles. The fourth-order valence-corrected chi connectivity index (χ4v) is 3.49. The molecule has 0 bridgehead atoms. The van der Waals surface area contributed by atoms with Crippen LogP contribution in [-0.4, -0.2) is 12.6 Å². The molecule has 0 saturated carbocycles. The van der Waals surface area contributed by atoms with Crippen molar-refractivity contribution >= 4 is 31.9 Å². The van der Waals surface area contributed by atoms with Crippen LogP contribution < -0.4 is 10.1 Å². The Labute approximate surface area is 139 Å². The van der Waals surface area contributed by atoms with Crippen molar-refractivity contribution in [2.45, 2.75) is 53.1 Å². The standard InChI is InChI=1S/C16H25Br2NO/c1-5-6-12(4)10-20-16-14(17)7-13(8-15(16)18)9-19-11(2)3/h7-8,11-12,19H,5-6,9-10H2,1-4H3. The lowest BCUT2D eigenvalue weighted by Crippen LogP contribution is -2.21. The third-order valence-electron chi connectivity index (χ3n) is 3.07. The Balaban J connectivity index is 2.68. The molecule has 2 nitrogen and oxygen atoms in total. The molecule has 20 heavy (non-hydrogen) atoms. The van der Waals surface area contributed by atoms with Crippen molar-refractivity contribution in [2.24, 2.45) is 5.92 Å². The molecular formula is C16H25Br2NO. The molecule has 1 atom stereocenters. The van der Waals surface area contributed by atoms with Gasteiger partial charge in [0.15, 0.2) is 0 Å². The Morgan fingerprint density at radius 3 is 2.25 bits per heavy atom. The number of benzene rings is 1. The first-order chi connectivity index (χ1) is 9.43. The second-order valence-electron chi connectivity index (χ2n) is 5.63. The summed E-state index contributed by atoms with van der Waals surface area (Å²) < 4.78 is 7.97. The van der Waals surface area contributed by atoms with Gasteiger partial charge in [-0.1, -0.05) is 34.1 Å². The van der Waals surface area contributed by atoms with Crippen LogP contribution in [0.2, 0.25) is 0 Å². The molecule has 0 fully saturated rings. The molecule has 1 rings (SSSR count). The summed E-state index contributed by atoms with van der Waals surface area (Å²) in [5.74, 6) is 1.49. The van der Waals surface area contributed by atoms with E-state index in [0.29, 0.717) is 12.0 Å². The molecule has 1 aromatic rings. The van der Waals surface area contributed by atoms with Crippen molar-refractivity contribution in [1.29, 1.82) is 0 Å². The molecule has 1 aromatic carbocycles. The van der Waals surface area contributed by atoms with Gasteiger partial charge in [0.05, 0.1) is 15.6 Å². The van der Waals surface area contributed by atoms with Gasteiger partial charge in [-0.2, -0.15) is 0 Å². The number of hydrogen-bond donors (Lipinski definition) is 1. The van der Waals surface area contributed by atoms with Gasteiger partial charge in [0.2, 0.25) is 0 Å². The fourth-order valence-electron chi connectivity index (χ4n) is 1.98. The van der Waals surface area contributed by atoms with Gasteiger partial charge in [-0.05, 0) is 61.9 Å². The zero-order valence-electron chi connectivity index (χ0n) is 12.8. The monoisotopic (exact) mass is 405 g/mol. The number of halogens is 2. The lowest BCUT2D eigenvalue weighted by Gasteiger charge is -2.16. The molecule has 0 aromatic heterocycles. The zero-order chi connectivity index (χ0) is 15.1. The predicted molar refractivity (Wildman–Crippen MR) is 93.4 cm³/mol. The first kappa shape index (κ1) is 18.0. The van der Waals surface area contributed by atoms with Gasteiger partial charge in [-0.3, -0.25) is 0 Å². The van der Waals surface area contributed by atoms with E-state index in [1.54, 1.807) is 0 Å². The summed E-state index contributed by atoms with van der Waals surface area (Å²) in [5.41, 5.74) is 1.24. The van der Waals surface area contributed by atoms with Crippen molar-refractivity contribution < 1.29 is 4.74 Å². The number of ether oxygens (including phenoxy) is 1. The van der Waals surface area contributed by atoms with Gasteiger partial charge in [0, 0.05) is 12.6 Å².